The third kappa shape index (κ3) is 3.59. The summed E-state index contributed by atoms with van der Waals surface area (Å²) in [6, 6.07) is 9.52. The van der Waals surface area contributed by atoms with E-state index in [4.69, 9.17) is 4.74 Å². The van der Waals surface area contributed by atoms with Gasteiger partial charge >= 0.3 is 0 Å². The largest absolute Gasteiger partial charge is 0.492 e. The predicted molar refractivity (Wildman–Crippen MR) is 82.4 cm³/mol. The summed E-state index contributed by atoms with van der Waals surface area (Å²) in [5, 5.41) is 3.01. The molecule has 22 heavy (non-hydrogen) atoms. The monoisotopic (exact) mass is 302 g/mol. The molecule has 1 N–H and O–H groups in total. The first-order valence-corrected chi connectivity index (χ1v) is 7.98. The average molecular weight is 302 g/mol. The summed E-state index contributed by atoms with van der Waals surface area (Å²) < 4.78 is 5.62. The predicted octanol–water partition coefficient (Wildman–Crippen LogP) is 1.58. The van der Waals surface area contributed by atoms with Crippen LogP contribution in [0.15, 0.2) is 30.3 Å². The number of nitrogens with zero attached hydrogens (tertiary/aromatic N) is 1. The van der Waals surface area contributed by atoms with Gasteiger partial charge in [-0.05, 0) is 25.0 Å². The number of likely N-dealkylation sites (tertiary alicyclic amines) is 1. The van der Waals surface area contributed by atoms with Gasteiger partial charge < -0.3 is 15.0 Å². The molecule has 2 aliphatic rings. The summed E-state index contributed by atoms with van der Waals surface area (Å²) in [7, 11) is 0. The quantitative estimate of drug-likeness (QED) is 0.868. The molecule has 2 fully saturated rings. The molecule has 118 valence electrons. The van der Waals surface area contributed by atoms with Crippen LogP contribution in [0, 0.1) is 5.92 Å². The number of carbonyl (C=O) groups is 2. The van der Waals surface area contributed by atoms with Gasteiger partial charge in [-0.3, -0.25) is 9.59 Å². The molecule has 5 heteroatoms. The number of hydrogen-bond acceptors (Lipinski definition) is 3. The Hall–Kier alpha value is -2.04. The fourth-order valence-corrected chi connectivity index (χ4v) is 2.86. The van der Waals surface area contributed by atoms with E-state index in [1.54, 1.807) is 4.90 Å². The number of ether oxygens (including phenoxy) is 1. The van der Waals surface area contributed by atoms with Crippen molar-refractivity contribution in [1.82, 2.24) is 10.2 Å². The lowest BCUT2D eigenvalue weighted by Crippen LogP contribution is -2.42. The van der Waals surface area contributed by atoms with Crippen molar-refractivity contribution in [2.24, 2.45) is 5.92 Å². The molecule has 5 nitrogen and oxygen atoms in total. The lowest BCUT2D eigenvalue weighted by Gasteiger charge is -2.26. The Labute approximate surface area is 130 Å². The Morgan fingerprint density at radius 3 is 2.73 bits per heavy atom. The highest BCUT2D eigenvalue weighted by atomic mass is 16.5. The second-order valence-electron chi connectivity index (χ2n) is 6.04. The molecule has 1 unspecified atom stereocenters. The van der Waals surface area contributed by atoms with Gasteiger partial charge in [-0.25, -0.2) is 0 Å². The fraction of sp³-hybridized carbons (Fsp3) is 0.529. The van der Waals surface area contributed by atoms with Crippen molar-refractivity contribution in [3.05, 3.63) is 30.3 Å². The van der Waals surface area contributed by atoms with Crippen LogP contribution in [0.5, 0.6) is 5.75 Å². The van der Waals surface area contributed by atoms with Crippen molar-refractivity contribution >= 4 is 11.8 Å². The standard InChI is InChI=1S/C17H22N2O3/c20-16-11-14(18-17(21)13-5-4-6-13)12-19(16)9-10-22-15-7-2-1-3-8-15/h1-3,7-8,13-14H,4-6,9-12H2,(H,18,21). The maximum atomic E-state index is 12.0. The summed E-state index contributed by atoms with van der Waals surface area (Å²) in [5.74, 6) is 1.19. The smallest absolute Gasteiger partial charge is 0.224 e. The molecule has 0 aromatic heterocycles. The van der Waals surface area contributed by atoms with Crippen LogP contribution >= 0.6 is 0 Å². The van der Waals surface area contributed by atoms with Gasteiger partial charge in [0.25, 0.3) is 0 Å². The number of para-hydroxylation sites is 1. The molecule has 1 saturated heterocycles. The Balaban J connectivity index is 1.40. The molecule has 1 atom stereocenters. The molecule has 1 heterocycles. The lowest BCUT2D eigenvalue weighted by molar-refractivity contribution is -0.128. The van der Waals surface area contributed by atoms with Crippen LogP contribution in [-0.4, -0.2) is 42.5 Å². The van der Waals surface area contributed by atoms with Gasteiger partial charge in [-0.1, -0.05) is 24.6 Å². The third-order valence-electron chi connectivity index (χ3n) is 4.41. The van der Waals surface area contributed by atoms with E-state index in [1.807, 2.05) is 30.3 Å². The minimum absolute atomic E-state index is 0.0441. The SMILES string of the molecule is O=C(NC1CC(=O)N(CCOc2ccccc2)C1)C1CCC1. The number of carbonyl (C=O) groups excluding carboxylic acids is 2. The summed E-state index contributed by atoms with van der Waals surface area (Å²) in [5.41, 5.74) is 0. The summed E-state index contributed by atoms with van der Waals surface area (Å²) in [6.07, 6.45) is 3.52. The van der Waals surface area contributed by atoms with E-state index in [2.05, 4.69) is 5.32 Å². The fourth-order valence-electron chi connectivity index (χ4n) is 2.86. The Kier molecular flexibility index (Phi) is 4.61. The van der Waals surface area contributed by atoms with Crippen molar-refractivity contribution in [2.75, 3.05) is 19.7 Å². The molecule has 1 aromatic carbocycles. The molecule has 1 aromatic rings. The van der Waals surface area contributed by atoms with Crippen LogP contribution < -0.4 is 10.1 Å². The molecule has 0 radical (unpaired) electrons. The molecule has 2 amide bonds. The van der Waals surface area contributed by atoms with E-state index >= 15 is 0 Å². The topological polar surface area (TPSA) is 58.6 Å². The number of rotatable bonds is 6. The molecule has 1 saturated carbocycles. The normalized spacial score (nSPS) is 21.5. The van der Waals surface area contributed by atoms with Crippen LogP contribution in [0.2, 0.25) is 0 Å². The van der Waals surface area contributed by atoms with E-state index in [1.165, 1.54) is 0 Å². The second kappa shape index (κ2) is 6.81. The number of amides is 2. The van der Waals surface area contributed by atoms with Gasteiger partial charge in [0.15, 0.2) is 0 Å². The second-order valence-corrected chi connectivity index (χ2v) is 6.04. The van der Waals surface area contributed by atoms with Crippen LogP contribution in [0.4, 0.5) is 0 Å². The number of benzene rings is 1. The minimum Gasteiger partial charge on any atom is -0.492 e. The van der Waals surface area contributed by atoms with Gasteiger partial charge in [0.05, 0.1) is 12.6 Å². The lowest BCUT2D eigenvalue weighted by atomic mass is 9.84. The van der Waals surface area contributed by atoms with E-state index in [0.717, 1.165) is 25.0 Å². The Morgan fingerprint density at radius 1 is 1.27 bits per heavy atom. The first kappa shape index (κ1) is 14.9. The van der Waals surface area contributed by atoms with Crippen LogP contribution in [-0.2, 0) is 9.59 Å². The Morgan fingerprint density at radius 2 is 2.05 bits per heavy atom. The number of nitrogens with one attached hydrogen (secondary N) is 1. The molecule has 0 bridgehead atoms. The zero-order chi connectivity index (χ0) is 15.4. The van der Waals surface area contributed by atoms with Crippen LogP contribution in [0.1, 0.15) is 25.7 Å². The minimum atomic E-state index is -0.0441. The van der Waals surface area contributed by atoms with E-state index in [0.29, 0.717) is 26.1 Å². The highest BCUT2D eigenvalue weighted by Gasteiger charge is 2.33. The number of hydrogen-bond donors (Lipinski definition) is 1. The van der Waals surface area contributed by atoms with Crippen molar-refractivity contribution in [3.63, 3.8) is 0 Å². The zero-order valence-corrected chi connectivity index (χ0v) is 12.7. The van der Waals surface area contributed by atoms with Crippen LogP contribution in [0.3, 0.4) is 0 Å². The van der Waals surface area contributed by atoms with E-state index in [9.17, 15) is 9.59 Å². The summed E-state index contributed by atoms with van der Waals surface area (Å²) in [6.45, 7) is 1.62. The molecule has 1 aliphatic heterocycles. The van der Waals surface area contributed by atoms with Gasteiger partial charge in [-0.2, -0.15) is 0 Å². The maximum Gasteiger partial charge on any atom is 0.224 e. The van der Waals surface area contributed by atoms with Gasteiger partial charge in [0.2, 0.25) is 11.8 Å². The molecule has 3 rings (SSSR count). The van der Waals surface area contributed by atoms with E-state index in [-0.39, 0.29) is 23.8 Å². The first-order chi connectivity index (χ1) is 10.7. The van der Waals surface area contributed by atoms with Gasteiger partial charge in [0.1, 0.15) is 12.4 Å². The highest BCUT2D eigenvalue weighted by Crippen LogP contribution is 2.26. The summed E-state index contributed by atoms with van der Waals surface area (Å²) in [4.78, 5) is 25.7. The third-order valence-corrected chi connectivity index (χ3v) is 4.41. The highest BCUT2D eigenvalue weighted by molar-refractivity contribution is 5.83. The molecular weight excluding hydrogens is 280 g/mol. The van der Waals surface area contributed by atoms with Gasteiger partial charge in [0, 0.05) is 18.9 Å². The average Bonchev–Trinajstić information content (AvgIpc) is 2.78. The van der Waals surface area contributed by atoms with Gasteiger partial charge in [-0.15, -0.1) is 0 Å². The zero-order valence-electron chi connectivity index (χ0n) is 12.7. The summed E-state index contributed by atoms with van der Waals surface area (Å²) >= 11 is 0. The van der Waals surface area contributed by atoms with Crippen molar-refractivity contribution in [1.29, 1.82) is 0 Å². The maximum absolute atomic E-state index is 12.0. The molecule has 0 spiro atoms. The van der Waals surface area contributed by atoms with Crippen molar-refractivity contribution < 1.29 is 14.3 Å². The molecular formula is C17H22N2O3. The Bertz CT molecular complexity index is 528. The van der Waals surface area contributed by atoms with E-state index < -0.39 is 0 Å². The first-order valence-electron chi connectivity index (χ1n) is 7.98. The van der Waals surface area contributed by atoms with Crippen LogP contribution in [0.25, 0.3) is 0 Å². The van der Waals surface area contributed by atoms with Crippen molar-refractivity contribution in [2.45, 2.75) is 31.7 Å². The molecule has 1 aliphatic carbocycles. The van der Waals surface area contributed by atoms with Crippen molar-refractivity contribution in [3.8, 4) is 5.75 Å².